The number of Topliss-reactive ketones (excluding diaryl/α,β-unsaturated/α-hetero) is 1. The highest BCUT2D eigenvalue weighted by molar-refractivity contribution is 6.05. The standard InChI is InChI=1S/C23H25NO5/c1-3-4-5-12-28-18-9-6-16(7-10-18)23(27)29-14-21(25)17-8-11-20-19(13-17)15(2)22(26)24-20/h6-11,13,15H,3-5,12,14H2,1-2H3,(H,24,26)/t15-/m1/s1. The van der Waals surface area contributed by atoms with E-state index in [1.54, 1.807) is 49.4 Å². The Balaban J connectivity index is 1.53. The number of ether oxygens (including phenoxy) is 2. The topological polar surface area (TPSA) is 81.7 Å². The van der Waals surface area contributed by atoms with Gasteiger partial charge in [-0.1, -0.05) is 19.8 Å². The van der Waals surface area contributed by atoms with E-state index in [0.717, 1.165) is 24.8 Å². The Bertz CT molecular complexity index is 904. The molecule has 0 bridgehead atoms. The molecule has 1 aliphatic heterocycles. The number of amides is 1. The van der Waals surface area contributed by atoms with Gasteiger partial charge in [0.05, 0.1) is 18.1 Å². The van der Waals surface area contributed by atoms with Gasteiger partial charge >= 0.3 is 5.97 Å². The number of rotatable bonds is 9. The average Bonchev–Trinajstić information content (AvgIpc) is 3.03. The number of ketones is 1. The van der Waals surface area contributed by atoms with Crippen LogP contribution in [0.3, 0.4) is 0 Å². The molecule has 1 aliphatic rings. The molecule has 152 valence electrons. The Hall–Kier alpha value is -3.15. The number of carbonyl (C=O) groups excluding carboxylic acids is 3. The Morgan fingerprint density at radius 1 is 1.03 bits per heavy atom. The summed E-state index contributed by atoms with van der Waals surface area (Å²) < 4.78 is 10.8. The Kier molecular flexibility index (Phi) is 6.65. The van der Waals surface area contributed by atoms with E-state index in [1.807, 2.05) is 0 Å². The van der Waals surface area contributed by atoms with Gasteiger partial charge in [-0.15, -0.1) is 0 Å². The van der Waals surface area contributed by atoms with Gasteiger partial charge in [-0.2, -0.15) is 0 Å². The second-order valence-corrected chi connectivity index (χ2v) is 7.09. The first-order valence-electron chi connectivity index (χ1n) is 9.87. The second-order valence-electron chi connectivity index (χ2n) is 7.09. The minimum Gasteiger partial charge on any atom is -0.494 e. The number of nitrogens with one attached hydrogen (secondary N) is 1. The van der Waals surface area contributed by atoms with Crippen molar-refractivity contribution < 1.29 is 23.9 Å². The molecule has 1 atom stereocenters. The minimum atomic E-state index is -0.567. The quantitative estimate of drug-likeness (QED) is 0.388. The summed E-state index contributed by atoms with van der Waals surface area (Å²) in [6.45, 7) is 4.20. The number of carbonyl (C=O) groups is 3. The molecule has 29 heavy (non-hydrogen) atoms. The second kappa shape index (κ2) is 9.37. The molecule has 0 saturated carbocycles. The highest BCUT2D eigenvalue weighted by Gasteiger charge is 2.27. The van der Waals surface area contributed by atoms with E-state index in [0.29, 0.717) is 29.2 Å². The van der Waals surface area contributed by atoms with E-state index in [4.69, 9.17) is 9.47 Å². The zero-order valence-corrected chi connectivity index (χ0v) is 16.7. The molecule has 0 saturated heterocycles. The van der Waals surface area contributed by atoms with Gasteiger partial charge in [-0.3, -0.25) is 9.59 Å². The van der Waals surface area contributed by atoms with Crippen molar-refractivity contribution in [3.05, 3.63) is 59.2 Å². The SMILES string of the molecule is CCCCCOc1ccc(C(=O)OCC(=O)c2ccc3c(c2)[C@@H](C)C(=O)N3)cc1. The summed E-state index contributed by atoms with van der Waals surface area (Å²) in [6, 6.07) is 11.7. The van der Waals surface area contributed by atoms with Crippen molar-refractivity contribution in [2.75, 3.05) is 18.5 Å². The first-order valence-corrected chi connectivity index (χ1v) is 9.87. The molecular weight excluding hydrogens is 370 g/mol. The van der Waals surface area contributed by atoms with Crippen LogP contribution in [0.5, 0.6) is 5.75 Å². The fraction of sp³-hybridized carbons (Fsp3) is 0.348. The maximum atomic E-state index is 12.4. The number of esters is 1. The van der Waals surface area contributed by atoms with Gasteiger partial charge in [0.15, 0.2) is 12.4 Å². The molecule has 6 heteroatoms. The molecular formula is C23H25NO5. The van der Waals surface area contributed by atoms with Crippen LogP contribution in [0.15, 0.2) is 42.5 Å². The Labute approximate surface area is 170 Å². The van der Waals surface area contributed by atoms with Crippen LogP contribution >= 0.6 is 0 Å². The van der Waals surface area contributed by atoms with Crippen LogP contribution in [0.1, 0.15) is 65.3 Å². The summed E-state index contributed by atoms with van der Waals surface area (Å²) in [4.78, 5) is 36.3. The molecule has 0 spiro atoms. The molecule has 1 heterocycles. The molecule has 1 N–H and O–H groups in total. The van der Waals surface area contributed by atoms with Crippen molar-refractivity contribution in [1.29, 1.82) is 0 Å². The lowest BCUT2D eigenvalue weighted by atomic mass is 9.99. The summed E-state index contributed by atoms with van der Waals surface area (Å²) in [5.41, 5.74) is 2.27. The van der Waals surface area contributed by atoms with Gasteiger partial charge < -0.3 is 14.8 Å². The molecule has 0 aliphatic carbocycles. The van der Waals surface area contributed by atoms with Gasteiger partial charge in [0.25, 0.3) is 0 Å². The minimum absolute atomic E-state index is 0.0891. The van der Waals surface area contributed by atoms with Crippen LogP contribution < -0.4 is 10.1 Å². The summed E-state index contributed by atoms with van der Waals surface area (Å²) in [6.07, 6.45) is 3.24. The molecule has 2 aromatic rings. The van der Waals surface area contributed by atoms with Crippen LogP contribution in [0, 0.1) is 0 Å². The van der Waals surface area contributed by atoms with Gasteiger partial charge in [0.2, 0.25) is 5.91 Å². The van der Waals surface area contributed by atoms with Gasteiger partial charge in [0.1, 0.15) is 5.75 Å². The molecule has 3 rings (SSSR count). The average molecular weight is 395 g/mol. The number of fused-ring (bicyclic) bond motifs is 1. The van der Waals surface area contributed by atoms with Gasteiger partial charge in [-0.05, 0) is 61.4 Å². The van der Waals surface area contributed by atoms with Crippen molar-refractivity contribution in [3.8, 4) is 5.75 Å². The smallest absolute Gasteiger partial charge is 0.338 e. The highest BCUT2D eigenvalue weighted by atomic mass is 16.5. The lowest BCUT2D eigenvalue weighted by Gasteiger charge is -2.08. The van der Waals surface area contributed by atoms with E-state index < -0.39 is 5.97 Å². The first kappa shape index (κ1) is 20.6. The van der Waals surface area contributed by atoms with Crippen molar-refractivity contribution >= 4 is 23.3 Å². The monoisotopic (exact) mass is 395 g/mol. The van der Waals surface area contributed by atoms with E-state index in [2.05, 4.69) is 12.2 Å². The van der Waals surface area contributed by atoms with Crippen LogP contribution in [0.25, 0.3) is 0 Å². The molecule has 0 unspecified atom stereocenters. The van der Waals surface area contributed by atoms with Crippen LogP contribution in [-0.4, -0.2) is 30.9 Å². The van der Waals surface area contributed by atoms with E-state index in [-0.39, 0.29) is 24.2 Å². The summed E-state index contributed by atoms with van der Waals surface area (Å²) >= 11 is 0. The molecule has 6 nitrogen and oxygen atoms in total. The third-order valence-electron chi connectivity index (χ3n) is 4.93. The lowest BCUT2D eigenvalue weighted by Crippen LogP contribution is -2.14. The van der Waals surface area contributed by atoms with E-state index in [9.17, 15) is 14.4 Å². The van der Waals surface area contributed by atoms with E-state index >= 15 is 0 Å². The van der Waals surface area contributed by atoms with Crippen LogP contribution in [0.4, 0.5) is 5.69 Å². The third-order valence-corrected chi connectivity index (χ3v) is 4.93. The number of hydrogen-bond donors (Lipinski definition) is 1. The molecule has 0 radical (unpaired) electrons. The highest BCUT2D eigenvalue weighted by Crippen LogP contribution is 2.32. The largest absolute Gasteiger partial charge is 0.494 e. The zero-order valence-electron chi connectivity index (χ0n) is 16.7. The molecule has 0 fully saturated rings. The maximum Gasteiger partial charge on any atom is 0.338 e. The van der Waals surface area contributed by atoms with Crippen LogP contribution in [0.2, 0.25) is 0 Å². The predicted octanol–water partition coefficient (Wildman–Crippen LogP) is 4.35. The van der Waals surface area contributed by atoms with Crippen molar-refractivity contribution in [3.63, 3.8) is 0 Å². The number of unbranched alkanes of at least 4 members (excludes halogenated alkanes) is 2. The Morgan fingerprint density at radius 3 is 2.48 bits per heavy atom. The summed E-state index contributed by atoms with van der Waals surface area (Å²) in [7, 11) is 0. The molecule has 2 aromatic carbocycles. The first-order chi connectivity index (χ1) is 14.0. The van der Waals surface area contributed by atoms with Gasteiger partial charge in [0, 0.05) is 11.3 Å². The number of hydrogen-bond acceptors (Lipinski definition) is 5. The molecule has 0 aromatic heterocycles. The summed E-state index contributed by atoms with van der Waals surface area (Å²) in [5.74, 6) is -0.577. The van der Waals surface area contributed by atoms with Crippen molar-refractivity contribution in [2.45, 2.75) is 39.0 Å². The number of anilines is 1. The van der Waals surface area contributed by atoms with E-state index in [1.165, 1.54) is 0 Å². The lowest BCUT2D eigenvalue weighted by molar-refractivity contribution is -0.116. The predicted molar refractivity (Wildman–Crippen MR) is 110 cm³/mol. The fourth-order valence-electron chi connectivity index (χ4n) is 3.12. The van der Waals surface area contributed by atoms with Gasteiger partial charge in [-0.25, -0.2) is 4.79 Å². The van der Waals surface area contributed by atoms with Crippen molar-refractivity contribution in [2.24, 2.45) is 0 Å². The maximum absolute atomic E-state index is 12.4. The normalized spacial score (nSPS) is 14.8. The zero-order chi connectivity index (χ0) is 20.8. The molecule has 1 amide bonds. The summed E-state index contributed by atoms with van der Waals surface area (Å²) in [5, 5.41) is 2.76. The van der Waals surface area contributed by atoms with Crippen molar-refractivity contribution in [1.82, 2.24) is 0 Å². The third kappa shape index (κ3) is 5.02. The number of benzene rings is 2. The fourth-order valence-corrected chi connectivity index (χ4v) is 3.12. The van der Waals surface area contributed by atoms with Crippen LogP contribution in [-0.2, 0) is 9.53 Å². The Morgan fingerprint density at radius 2 is 1.76 bits per heavy atom.